The highest BCUT2D eigenvalue weighted by atomic mass is 16.2. The van der Waals surface area contributed by atoms with E-state index >= 15 is 0 Å². The highest BCUT2D eigenvalue weighted by molar-refractivity contribution is 5.93. The Morgan fingerprint density at radius 2 is 1.54 bits per heavy atom. The largest absolute Gasteiger partial charge is 0.325 e. The van der Waals surface area contributed by atoms with Gasteiger partial charge in [0.15, 0.2) is 0 Å². The Hall–Kier alpha value is -2.17. The molecule has 0 radical (unpaired) electrons. The van der Waals surface area contributed by atoms with Gasteiger partial charge in [-0.05, 0) is 75.0 Å². The lowest BCUT2D eigenvalue weighted by Crippen LogP contribution is -2.38. The van der Waals surface area contributed by atoms with Crippen molar-refractivity contribution in [1.82, 2.24) is 9.80 Å². The lowest BCUT2D eigenvalue weighted by molar-refractivity contribution is -0.117. The topological polar surface area (TPSA) is 35.6 Å². The second-order valence-electron chi connectivity index (χ2n) is 8.15. The lowest BCUT2D eigenvalue weighted by atomic mass is 9.89. The van der Waals surface area contributed by atoms with Crippen molar-refractivity contribution in [3.05, 3.63) is 65.7 Å². The first-order valence-corrected chi connectivity index (χ1v) is 10.7. The van der Waals surface area contributed by atoms with Crippen LogP contribution in [0.15, 0.2) is 54.6 Å². The molecule has 4 rings (SSSR count). The molecule has 0 saturated carbocycles. The zero-order chi connectivity index (χ0) is 19.2. The summed E-state index contributed by atoms with van der Waals surface area (Å²) in [5, 5.41) is 3.17. The maximum atomic E-state index is 12.7. The smallest absolute Gasteiger partial charge is 0.238 e. The average Bonchev–Trinajstić information content (AvgIpc) is 3.24. The fourth-order valence-electron chi connectivity index (χ4n) is 4.50. The van der Waals surface area contributed by atoms with Crippen LogP contribution >= 0.6 is 0 Å². The van der Waals surface area contributed by atoms with Gasteiger partial charge in [0.2, 0.25) is 5.91 Å². The molecule has 1 N–H and O–H groups in total. The van der Waals surface area contributed by atoms with E-state index in [1.807, 2.05) is 12.1 Å². The molecule has 4 heteroatoms. The molecule has 2 aliphatic heterocycles. The van der Waals surface area contributed by atoms with Crippen LogP contribution in [0.3, 0.4) is 0 Å². The highest BCUT2D eigenvalue weighted by Gasteiger charge is 2.22. The van der Waals surface area contributed by atoms with Crippen molar-refractivity contribution in [3.8, 4) is 0 Å². The van der Waals surface area contributed by atoms with E-state index in [1.54, 1.807) is 0 Å². The number of carbonyl (C=O) groups is 1. The molecule has 0 spiro atoms. The normalized spacial score (nSPS) is 19.0. The van der Waals surface area contributed by atoms with Gasteiger partial charge in [-0.15, -0.1) is 0 Å². The van der Waals surface area contributed by atoms with Gasteiger partial charge >= 0.3 is 0 Å². The summed E-state index contributed by atoms with van der Waals surface area (Å²) in [6.07, 6.45) is 4.83. The minimum absolute atomic E-state index is 0.104. The van der Waals surface area contributed by atoms with E-state index < -0.39 is 0 Å². The van der Waals surface area contributed by atoms with E-state index in [0.29, 0.717) is 12.5 Å². The van der Waals surface area contributed by atoms with E-state index in [1.165, 1.54) is 37.1 Å². The zero-order valence-electron chi connectivity index (χ0n) is 16.6. The van der Waals surface area contributed by atoms with Crippen LogP contribution in [0.25, 0.3) is 0 Å². The molecule has 4 nitrogen and oxygen atoms in total. The summed E-state index contributed by atoms with van der Waals surface area (Å²) < 4.78 is 0. The number of benzene rings is 2. The Morgan fingerprint density at radius 1 is 0.857 bits per heavy atom. The van der Waals surface area contributed by atoms with Crippen molar-refractivity contribution >= 4 is 11.6 Å². The molecule has 2 aromatic rings. The molecule has 0 aliphatic carbocycles. The van der Waals surface area contributed by atoms with Gasteiger partial charge in [0, 0.05) is 12.2 Å². The van der Waals surface area contributed by atoms with Crippen molar-refractivity contribution in [1.29, 1.82) is 0 Å². The van der Waals surface area contributed by atoms with Crippen molar-refractivity contribution in [3.63, 3.8) is 0 Å². The molecular formula is C24H31N3O. The Kier molecular flexibility index (Phi) is 6.40. The van der Waals surface area contributed by atoms with Gasteiger partial charge in [-0.1, -0.05) is 48.5 Å². The Morgan fingerprint density at radius 3 is 2.29 bits per heavy atom. The van der Waals surface area contributed by atoms with Crippen LogP contribution in [-0.2, 0) is 11.3 Å². The summed E-state index contributed by atoms with van der Waals surface area (Å²) in [6, 6.07) is 19.0. The maximum Gasteiger partial charge on any atom is 0.238 e. The molecule has 2 heterocycles. The average molecular weight is 378 g/mol. The monoisotopic (exact) mass is 377 g/mol. The van der Waals surface area contributed by atoms with E-state index in [4.69, 9.17) is 0 Å². The van der Waals surface area contributed by atoms with Gasteiger partial charge in [0.1, 0.15) is 0 Å². The number of rotatable bonds is 6. The predicted octanol–water partition coefficient (Wildman–Crippen LogP) is 4.10. The molecule has 1 amide bonds. The number of hydrogen-bond acceptors (Lipinski definition) is 3. The third-order valence-corrected chi connectivity index (χ3v) is 6.11. The molecule has 28 heavy (non-hydrogen) atoms. The van der Waals surface area contributed by atoms with Crippen LogP contribution in [-0.4, -0.2) is 48.4 Å². The standard InChI is InChI=1S/C24H31N3O/c28-24(19-27-16-12-21(13-17-27)20-8-2-1-3-9-20)25-23-11-5-4-10-22(23)18-26-14-6-7-15-26/h1-5,8-11,21H,6-7,12-19H2,(H,25,28). The first kappa shape index (κ1) is 19.2. The van der Waals surface area contributed by atoms with E-state index in [9.17, 15) is 4.79 Å². The first-order chi connectivity index (χ1) is 13.8. The summed E-state index contributed by atoms with van der Waals surface area (Å²) in [6.45, 7) is 5.72. The maximum absolute atomic E-state index is 12.7. The third kappa shape index (κ3) is 5.00. The highest BCUT2D eigenvalue weighted by Crippen LogP contribution is 2.27. The predicted molar refractivity (Wildman–Crippen MR) is 114 cm³/mol. The van der Waals surface area contributed by atoms with Crippen LogP contribution in [0.4, 0.5) is 5.69 Å². The summed E-state index contributed by atoms with van der Waals surface area (Å²) in [4.78, 5) is 17.4. The van der Waals surface area contributed by atoms with Gasteiger partial charge in [-0.3, -0.25) is 14.6 Å². The Labute approximate surface area is 168 Å². The summed E-state index contributed by atoms with van der Waals surface area (Å²) in [5.41, 5.74) is 3.63. The fraction of sp³-hybridized carbons (Fsp3) is 0.458. The number of nitrogens with zero attached hydrogens (tertiary/aromatic N) is 2. The fourth-order valence-corrected chi connectivity index (χ4v) is 4.50. The number of amides is 1. The SMILES string of the molecule is O=C(CN1CCC(c2ccccc2)CC1)Nc1ccccc1CN1CCCC1. The van der Waals surface area contributed by atoms with Crippen LogP contribution in [0.5, 0.6) is 0 Å². The molecule has 0 bridgehead atoms. The molecule has 2 aliphatic rings. The quantitative estimate of drug-likeness (QED) is 0.823. The molecular weight excluding hydrogens is 346 g/mol. The van der Waals surface area contributed by atoms with Gasteiger partial charge in [0.05, 0.1) is 6.54 Å². The molecule has 148 valence electrons. The third-order valence-electron chi connectivity index (χ3n) is 6.11. The molecule has 0 unspecified atom stereocenters. The molecule has 2 saturated heterocycles. The van der Waals surface area contributed by atoms with Crippen LogP contribution in [0.1, 0.15) is 42.7 Å². The number of anilines is 1. The number of carbonyl (C=O) groups excluding carboxylic acids is 1. The van der Waals surface area contributed by atoms with Crippen LogP contribution < -0.4 is 5.32 Å². The van der Waals surface area contributed by atoms with Crippen molar-refractivity contribution in [2.45, 2.75) is 38.1 Å². The van der Waals surface area contributed by atoms with Crippen LogP contribution in [0.2, 0.25) is 0 Å². The number of likely N-dealkylation sites (tertiary alicyclic amines) is 2. The van der Waals surface area contributed by atoms with Crippen LogP contribution in [0, 0.1) is 0 Å². The van der Waals surface area contributed by atoms with Crippen molar-refractivity contribution in [2.24, 2.45) is 0 Å². The van der Waals surface area contributed by atoms with Gasteiger partial charge < -0.3 is 5.32 Å². The first-order valence-electron chi connectivity index (χ1n) is 10.7. The second kappa shape index (κ2) is 9.35. The molecule has 0 aromatic heterocycles. The zero-order valence-corrected chi connectivity index (χ0v) is 16.6. The molecule has 2 aromatic carbocycles. The summed E-state index contributed by atoms with van der Waals surface area (Å²) in [5.74, 6) is 0.730. The van der Waals surface area contributed by atoms with Gasteiger partial charge in [-0.2, -0.15) is 0 Å². The van der Waals surface area contributed by atoms with E-state index in [2.05, 4.69) is 57.6 Å². The lowest BCUT2D eigenvalue weighted by Gasteiger charge is -2.31. The molecule has 2 fully saturated rings. The number of piperidine rings is 1. The Bertz CT molecular complexity index is 762. The van der Waals surface area contributed by atoms with E-state index in [0.717, 1.165) is 38.2 Å². The number of nitrogens with one attached hydrogen (secondary N) is 1. The van der Waals surface area contributed by atoms with Gasteiger partial charge in [0.25, 0.3) is 0 Å². The van der Waals surface area contributed by atoms with Crippen molar-refractivity contribution < 1.29 is 4.79 Å². The summed E-state index contributed by atoms with van der Waals surface area (Å²) in [7, 11) is 0. The van der Waals surface area contributed by atoms with Gasteiger partial charge in [-0.25, -0.2) is 0 Å². The number of para-hydroxylation sites is 1. The number of hydrogen-bond donors (Lipinski definition) is 1. The summed E-state index contributed by atoms with van der Waals surface area (Å²) >= 11 is 0. The molecule has 0 atom stereocenters. The van der Waals surface area contributed by atoms with E-state index in [-0.39, 0.29) is 5.91 Å². The minimum Gasteiger partial charge on any atom is -0.325 e. The second-order valence-corrected chi connectivity index (χ2v) is 8.15. The Balaban J connectivity index is 1.28. The van der Waals surface area contributed by atoms with Crippen molar-refractivity contribution in [2.75, 3.05) is 38.0 Å². The minimum atomic E-state index is 0.104.